The lowest BCUT2D eigenvalue weighted by Gasteiger charge is -2.30. The molecule has 4 atom stereocenters. The summed E-state index contributed by atoms with van der Waals surface area (Å²) in [4.78, 5) is 39.5. The predicted molar refractivity (Wildman–Crippen MR) is 150 cm³/mol. The fourth-order valence-corrected chi connectivity index (χ4v) is 4.49. The standard InChI is InChI=1S/C30H41FN4O5/c1-19(40-26-9-5-4-7-22(26)8-6-16-32)18-33-27(23-12-13-23)29(37)35(3)20(2)28(36)34-25(30(38)39)17-21-10-14-24(31)15-11-21/h4-5,7,9-11,14-15,19-20,23,25,27,33H,6,8,12-13,16-18,32H2,1-3H3,(H,34,36)(H,38,39)/t19-,20-,25?,27+/m1/s1. The number of carbonyl (C=O) groups excluding carboxylic acids is 2. The summed E-state index contributed by atoms with van der Waals surface area (Å²) >= 11 is 0. The maximum absolute atomic E-state index is 13.4. The number of para-hydroxylation sites is 1. The van der Waals surface area contributed by atoms with Crippen LogP contribution in [0, 0.1) is 11.7 Å². The fourth-order valence-electron chi connectivity index (χ4n) is 4.49. The predicted octanol–water partition coefficient (Wildman–Crippen LogP) is 2.51. The molecule has 10 heteroatoms. The van der Waals surface area contributed by atoms with Gasteiger partial charge in [0.1, 0.15) is 29.8 Å². The van der Waals surface area contributed by atoms with Crippen molar-refractivity contribution < 1.29 is 28.6 Å². The van der Waals surface area contributed by atoms with Crippen molar-refractivity contribution in [3.05, 3.63) is 65.5 Å². The van der Waals surface area contributed by atoms with Crippen LogP contribution >= 0.6 is 0 Å². The zero-order valence-electron chi connectivity index (χ0n) is 23.4. The van der Waals surface area contributed by atoms with Crippen LogP contribution in [0.15, 0.2) is 48.5 Å². The number of nitrogens with two attached hydrogens (primary N) is 1. The number of rotatable bonds is 16. The van der Waals surface area contributed by atoms with E-state index in [1.165, 1.54) is 29.2 Å². The Morgan fingerprint density at radius 1 is 1.12 bits per heavy atom. The van der Waals surface area contributed by atoms with Gasteiger partial charge in [0.25, 0.3) is 0 Å². The number of aryl methyl sites for hydroxylation is 1. The van der Waals surface area contributed by atoms with Gasteiger partial charge in [-0.25, -0.2) is 9.18 Å². The Bertz CT molecular complexity index is 1140. The average Bonchev–Trinajstić information content (AvgIpc) is 3.77. The smallest absolute Gasteiger partial charge is 0.326 e. The second kappa shape index (κ2) is 14.8. The average molecular weight is 557 g/mol. The van der Waals surface area contributed by atoms with Crippen LogP contribution in [0.25, 0.3) is 0 Å². The second-order valence-corrected chi connectivity index (χ2v) is 10.5. The number of carboxylic acid groups (broad SMARTS) is 1. The molecule has 5 N–H and O–H groups in total. The third kappa shape index (κ3) is 9.02. The number of benzene rings is 2. The number of likely N-dealkylation sites (N-methyl/N-ethyl adjacent to an activating group) is 1. The molecule has 1 fully saturated rings. The van der Waals surface area contributed by atoms with Crippen molar-refractivity contribution in [3.63, 3.8) is 0 Å². The van der Waals surface area contributed by atoms with E-state index in [0.717, 1.165) is 37.0 Å². The summed E-state index contributed by atoms with van der Waals surface area (Å²) in [6, 6.07) is 10.7. The molecular weight excluding hydrogens is 515 g/mol. The lowest BCUT2D eigenvalue weighted by Crippen LogP contribution is -2.56. The molecule has 1 unspecified atom stereocenters. The van der Waals surface area contributed by atoms with Crippen molar-refractivity contribution in [2.24, 2.45) is 11.7 Å². The number of hydrogen-bond acceptors (Lipinski definition) is 6. The summed E-state index contributed by atoms with van der Waals surface area (Å²) in [5, 5.41) is 15.5. The summed E-state index contributed by atoms with van der Waals surface area (Å²) in [6.07, 6.45) is 3.30. The summed E-state index contributed by atoms with van der Waals surface area (Å²) in [5.74, 6) is -1.48. The Hall–Kier alpha value is -3.50. The maximum atomic E-state index is 13.4. The first-order chi connectivity index (χ1) is 19.1. The lowest BCUT2D eigenvalue weighted by molar-refractivity contribution is -0.144. The molecule has 1 saturated carbocycles. The number of hydrogen-bond donors (Lipinski definition) is 4. The fraction of sp³-hybridized carbons (Fsp3) is 0.500. The number of amides is 2. The van der Waals surface area contributed by atoms with Crippen LogP contribution in [0.3, 0.4) is 0 Å². The molecule has 1 aliphatic rings. The van der Waals surface area contributed by atoms with Crippen LogP contribution < -0.4 is 21.1 Å². The third-order valence-electron chi connectivity index (χ3n) is 7.21. The molecule has 0 spiro atoms. The minimum absolute atomic E-state index is 0.00870. The molecule has 0 aromatic heterocycles. The Kier molecular flexibility index (Phi) is 11.5. The van der Waals surface area contributed by atoms with Crippen LogP contribution in [0.1, 0.15) is 44.2 Å². The van der Waals surface area contributed by atoms with Crippen molar-refractivity contribution in [2.45, 2.75) is 70.2 Å². The van der Waals surface area contributed by atoms with Gasteiger partial charge >= 0.3 is 5.97 Å². The van der Waals surface area contributed by atoms with E-state index < -0.39 is 35.8 Å². The van der Waals surface area contributed by atoms with E-state index in [-0.39, 0.29) is 24.3 Å². The highest BCUT2D eigenvalue weighted by Crippen LogP contribution is 2.33. The molecular formula is C30H41FN4O5. The molecule has 0 heterocycles. The SMILES string of the molecule is C[C@H](CN[C@H](C(=O)N(C)[C@H](C)C(=O)NC(Cc1ccc(F)cc1)C(=O)O)C1CC1)Oc1ccccc1CCCN. The van der Waals surface area contributed by atoms with E-state index in [2.05, 4.69) is 10.6 Å². The Morgan fingerprint density at radius 3 is 2.42 bits per heavy atom. The molecule has 2 aromatic carbocycles. The minimum Gasteiger partial charge on any atom is -0.489 e. The van der Waals surface area contributed by atoms with Gasteiger partial charge in [-0.2, -0.15) is 0 Å². The van der Waals surface area contributed by atoms with Gasteiger partial charge in [0.2, 0.25) is 11.8 Å². The normalized spacial score (nSPS) is 15.9. The number of halogens is 1. The first kappa shape index (κ1) is 31.0. The molecule has 9 nitrogen and oxygen atoms in total. The Labute approximate surface area is 235 Å². The molecule has 0 radical (unpaired) electrons. The van der Waals surface area contributed by atoms with E-state index >= 15 is 0 Å². The van der Waals surface area contributed by atoms with E-state index in [0.29, 0.717) is 18.7 Å². The zero-order chi connectivity index (χ0) is 29.2. The van der Waals surface area contributed by atoms with E-state index in [1.54, 1.807) is 14.0 Å². The highest BCUT2D eigenvalue weighted by atomic mass is 19.1. The topological polar surface area (TPSA) is 134 Å². The van der Waals surface area contributed by atoms with Crippen molar-refractivity contribution in [1.29, 1.82) is 0 Å². The summed E-state index contributed by atoms with van der Waals surface area (Å²) in [6.45, 7) is 4.54. The van der Waals surface area contributed by atoms with E-state index in [9.17, 15) is 23.9 Å². The molecule has 40 heavy (non-hydrogen) atoms. The molecule has 0 bridgehead atoms. The highest BCUT2D eigenvalue weighted by Gasteiger charge is 2.39. The van der Waals surface area contributed by atoms with Crippen molar-refractivity contribution in [2.75, 3.05) is 20.1 Å². The number of nitrogens with one attached hydrogen (secondary N) is 2. The lowest BCUT2D eigenvalue weighted by atomic mass is 10.1. The van der Waals surface area contributed by atoms with Crippen LogP contribution in [0.4, 0.5) is 4.39 Å². The molecule has 2 amide bonds. The number of ether oxygens (including phenoxy) is 1. The summed E-state index contributed by atoms with van der Waals surface area (Å²) in [7, 11) is 1.55. The molecule has 2 aromatic rings. The van der Waals surface area contributed by atoms with E-state index in [4.69, 9.17) is 10.5 Å². The van der Waals surface area contributed by atoms with Gasteiger partial charge in [0.15, 0.2) is 0 Å². The van der Waals surface area contributed by atoms with Crippen molar-refractivity contribution in [3.8, 4) is 5.75 Å². The van der Waals surface area contributed by atoms with Crippen LogP contribution in [-0.4, -0.2) is 72.2 Å². The van der Waals surface area contributed by atoms with Gasteiger partial charge < -0.3 is 31.1 Å². The quantitative estimate of drug-likeness (QED) is 0.250. The van der Waals surface area contributed by atoms with Crippen LogP contribution in [-0.2, 0) is 27.2 Å². The largest absolute Gasteiger partial charge is 0.489 e. The minimum atomic E-state index is -1.22. The maximum Gasteiger partial charge on any atom is 0.326 e. The number of carbonyl (C=O) groups is 3. The highest BCUT2D eigenvalue weighted by molar-refractivity contribution is 5.91. The molecule has 0 saturated heterocycles. The number of carboxylic acids is 1. The summed E-state index contributed by atoms with van der Waals surface area (Å²) in [5.41, 5.74) is 7.32. The van der Waals surface area contributed by atoms with Gasteiger partial charge in [-0.05, 0) is 81.3 Å². The van der Waals surface area contributed by atoms with E-state index in [1.807, 2.05) is 31.2 Å². The van der Waals surface area contributed by atoms with Gasteiger partial charge in [0.05, 0.1) is 6.04 Å². The van der Waals surface area contributed by atoms with Crippen LogP contribution in [0.2, 0.25) is 0 Å². The Morgan fingerprint density at radius 2 is 1.80 bits per heavy atom. The van der Waals surface area contributed by atoms with Gasteiger partial charge in [0, 0.05) is 20.0 Å². The second-order valence-electron chi connectivity index (χ2n) is 10.5. The number of nitrogens with zero attached hydrogens (tertiary/aromatic N) is 1. The van der Waals surface area contributed by atoms with Gasteiger partial charge in [-0.1, -0.05) is 30.3 Å². The Balaban J connectivity index is 1.57. The molecule has 0 aliphatic heterocycles. The monoisotopic (exact) mass is 556 g/mol. The van der Waals surface area contributed by atoms with Crippen LogP contribution in [0.5, 0.6) is 5.75 Å². The van der Waals surface area contributed by atoms with Crippen molar-refractivity contribution in [1.82, 2.24) is 15.5 Å². The first-order valence-electron chi connectivity index (χ1n) is 13.8. The zero-order valence-corrected chi connectivity index (χ0v) is 23.4. The summed E-state index contributed by atoms with van der Waals surface area (Å²) < 4.78 is 19.4. The van der Waals surface area contributed by atoms with Gasteiger partial charge in [-0.15, -0.1) is 0 Å². The van der Waals surface area contributed by atoms with Gasteiger partial charge in [-0.3, -0.25) is 9.59 Å². The molecule has 1 aliphatic carbocycles. The molecule has 3 rings (SSSR count). The number of aliphatic carboxylic acids is 1. The third-order valence-corrected chi connectivity index (χ3v) is 7.21. The molecule has 218 valence electrons. The van der Waals surface area contributed by atoms with Crippen molar-refractivity contribution >= 4 is 17.8 Å². The first-order valence-corrected chi connectivity index (χ1v) is 13.8.